The summed E-state index contributed by atoms with van der Waals surface area (Å²) in [5.41, 5.74) is 4.22. The van der Waals surface area contributed by atoms with Crippen LogP contribution in [0.4, 0.5) is 4.79 Å². The first-order valence-electron chi connectivity index (χ1n) is 10.2. The molecule has 30 heavy (non-hydrogen) atoms. The number of aromatic amines is 1. The molecule has 0 aliphatic carbocycles. The quantitative estimate of drug-likeness (QED) is 0.600. The lowest BCUT2D eigenvalue weighted by Crippen LogP contribution is -2.40. The predicted molar refractivity (Wildman–Crippen MR) is 114 cm³/mol. The van der Waals surface area contributed by atoms with Crippen LogP contribution in [0.5, 0.6) is 5.75 Å². The summed E-state index contributed by atoms with van der Waals surface area (Å²) in [6.45, 7) is 4.07. The molecule has 1 fully saturated rings. The van der Waals surface area contributed by atoms with Gasteiger partial charge in [-0.05, 0) is 54.8 Å². The van der Waals surface area contributed by atoms with E-state index >= 15 is 0 Å². The Labute approximate surface area is 179 Å². The molecule has 0 spiro atoms. The monoisotopic (exact) mass is 426 g/mol. The van der Waals surface area contributed by atoms with Crippen LogP contribution in [0, 0.1) is 0 Å². The number of rotatable bonds is 5. The molecule has 0 unspecified atom stereocenters. The third-order valence-electron chi connectivity index (χ3n) is 5.63. The maximum Gasteiger partial charge on any atom is 0.410 e. The highest BCUT2D eigenvalue weighted by atomic mass is 35.5. The van der Waals surface area contributed by atoms with Crippen molar-refractivity contribution in [2.24, 2.45) is 0 Å². The number of benzene rings is 2. The largest absolute Gasteiger partial charge is 0.491 e. The summed E-state index contributed by atoms with van der Waals surface area (Å²) in [7, 11) is 0. The van der Waals surface area contributed by atoms with Crippen LogP contribution in [0.15, 0.2) is 42.5 Å². The second kappa shape index (κ2) is 7.85. The van der Waals surface area contributed by atoms with Crippen LogP contribution < -0.4 is 4.74 Å². The predicted octanol–water partition coefficient (Wildman–Crippen LogP) is 4.70. The van der Waals surface area contributed by atoms with E-state index in [1.165, 1.54) is 5.56 Å². The fraction of sp³-hybridized carbons (Fsp3) is 0.348. The Bertz CT molecular complexity index is 1070. The second-order valence-corrected chi connectivity index (χ2v) is 8.02. The van der Waals surface area contributed by atoms with Gasteiger partial charge >= 0.3 is 6.09 Å². The van der Waals surface area contributed by atoms with Crippen molar-refractivity contribution in [2.75, 3.05) is 26.4 Å². The van der Waals surface area contributed by atoms with Gasteiger partial charge < -0.3 is 19.2 Å². The Hall–Kier alpha value is -2.70. The van der Waals surface area contributed by atoms with E-state index in [4.69, 9.17) is 25.8 Å². The van der Waals surface area contributed by atoms with Crippen LogP contribution >= 0.6 is 11.6 Å². The zero-order valence-corrected chi connectivity index (χ0v) is 17.4. The molecule has 1 aromatic heterocycles. The van der Waals surface area contributed by atoms with Crippen molar-refractivity contribution in [1.82, 2.24) is 9.88 Å². The highest BCUT2D eigenvalue weighted by Crippen LogP contribution is 2.39. The maximum atomic E-state index is 12.7. The fourth-order valence-corrected chi connectivity index (χ4v) is 4.28. The molecule has 2 aliphatic heterocycles. The van der Waals surface area contributed by atoms with Crippen LogP contribution in [0.1, 0.15) is 29.8 Å². The van der Waals surface area contributed by atoms with Crippen molar-refractivity contribution in [3.05, 3.63) is 64.3 Å². The van der Waals surface area contributed by atoms with Gasteiger partial charge in [0.15, 0.2) is 0 Å². The molecule has 3 heterocycles. The molecule has 2 aromatic carbocycles. The van der Waals surface area contributed by atoms with Crippen LogP contribution in [-0.2, 0) is 15.9 Å². The molecule has 0 radical (unpaired) electrons. The molecule has 1 N–H and O–H groups in total. The molecule has 1 saturated heterocycles. The number of H-pyrrole nitrogens is 1. The highest BCUT2D eigenvalue weighted by Gasteiger charge is 2.35. The summed E-state index contributed by atoms with van der Waals surface area (Å²) >= 11 is 6.24. The molecule has 5 rings (SSSR count). The van der Waals surface area contributed by atoms with Crippen molar-refractivity contribution in [1.29, 1.82) is 0 Å². The number of nitrogens with zero attached hydrogens (tertiary/aromatic N) is 1. The van der Waals surface area contributed by atoms with E-state index in [0.29, 0.717) is 24.8 Å². The minimum Gasteiger partial charge on any atom is -0.491 e. The Morgan fingerprint density at radius 2 is 2.07 bits per heavy atom. The minimum absolute atomic E-state index is 0.211. The van der Waals surface area contributed by atoms with Gasteiger partial charge in [0, 0.05) is 28.2 Å². The van der Waals surface area contributed by atoms with Gasteiger partial charge in [-0.15, -0.1) is 0 Å². The summed E-state index contributed by atoms with van der Waals surface area (Å²) in [4.78, 5) is 18.1. The van der Waals surface area contributed by atoms with E-state index < -0.39 is 0 Å². The molecular weight excluding hydrogens is 404 g/mol. The topological polar surface area (TPSA) is 67.1 Å². The third-order valence-corrected chi connectivity index (χ3v) is 5.86. The number of epoxide rings is 1. The number of nitrogens with one attached hydrogen (secondary N) is 1. The lowest BCUT2D eigenvalue weighted by atomic mass is 9.92. The standard InChI is InChI=1S/C23H23ClN2O4/c1-2-28-23(27)26-10-9-18-19-11-15(24)5-8-20(19)25-21(18)22(26)14-3-6-16(7-4-14)29-12-17-13-30-17/h3-8,11,17,22,25H,2,9-10,12-13H2,1H3/t17-,22+/m1/s1. The smallest absolute Gasteiger partial charge is 0.410 e. The van der Waals surface area contributed by atoms with E-state index in [1.807, 2.05) is 49.4 Å². The number of halogens is 1. The lowest BCUT2D eigenvalue weighted by molar-refractivity contribution is 0.0932. The molecule has 1 amide bonds. The van der Waals surface area contributed by atoms with E-state index in [1.54, 1.807) is 4.90 Å². The van der Waals surface area contributed by atoms with E-state index in [9.17, 15) is 4.79 Å². The first kappa shape index (κ1) is 19.3. The van der Waals surface area contributed by atoms with Crippen molar-refractivity contribution >= 4 is 28.6 Å². The van der Waals surface area contributed by atoms with E-state index in [2.05, 4.69) is 4.98 Å². The summed E-state index contributed by atoms with van der Waals surface area (Å²) in [5.74, 6) is 0.788. The number of amides is 1. The summed E-state index contributed by atoms with van der Waals surface area (Å²) in [6.07, 6.45) is 0.646. The molecule has 0 bridgehead atoms. The Morgan fingerprint density at radius 3 is 2.80 bits per heavy atom. The number of carbonyl (C=O) groups is 1. The van der Waals surface area contributed by atoms with E-state index in [-0.39, 0.29) is 18.2 Å². The number of hydrogen-bond donors (Lipinski definition) is 1. The van der Waals surface area contributed by atoms with E-state index in [0.717, 1.165) is 40.9 Å². The number of ether oxygens (including phenoxy) is 3. The van der Waals surface area contributed by atoms with Gasteiger partial charge in [0.1, 0.15) is 24.5 Å². The number of carbonyl (C=O) groups excluding carboxylic acids is 1. The highest BCUT2D eigenvalue weighted by molar-refractivity contribution is 6.31. The van der Waals surface area contributed by atoms with Gasteiger partial charge in [-0.25, -0.2) is 4.79 Å². The zero-order chi connectivity index (χ0) is 20.7. The molecule has 3 aromatic rings. The van der Waals surface area contributed by atoms with Crippen molar-refractivity contribution in [3.63, 3.8) is 0 Å². The fourth-order valence-electron chi connectivity index (χ4n) is 4.11. The van der Waals surface area contributed by atoms with Crippen molar-refractivity contribution < 1.29 is 19.0 Å². The van der Waals surface area contributed by atoms with Crippen molar-refractivity contribution in [2.45, 2.75) is 25.5 Å². The Morgan fingerprint density at radius 1 is 1.27 bits per heavy atom. The molecule has 7 heteroatoms. The van der Waals surface area contributed by atoms with Gasteiger partial charge in [0.05, 0.1) is 13.2 Å². The van der Waals surface area contributed by atoms with Gasteiger partial charge in [-0.1, -0.05) is 23.7 Å². The molecule has 6 nitrogen and oxygen atoms in total. The van der Waals surface area contributed by atoms with Crippen LogP contribution in [0.2, 0.25) is 5.02 Å². The normalized spacial score (nSPS) is 20.1. The summed E-state index contributed by atoms with van der Waals surface area (Å²) in [6, 6.07) is 13.5. The van der Waals surface area contributed by atoms with Crippen molar-refractivity contribution in [3.8, 4) is 5.75 Å². The first-order chi connectivity index (χ1) is 14.6. The summed E-state index contributed by atoms with van der Waals surface area (Å²) in [5, 5.41) is 1.81. The Kier molecular flexibility index (Phi) is 5.05. The number of aromatic nitrogens is 1. The lowest BCUT2D eigenvalue weighted by Gasteiger charge is -2.35. The minimum atomic E-state index is -0.309. The SMILES string of the molecule is CCOC(=O)N1CCc2c([nH]c3ccc(Cl)cc23)[C@@H]1c1ccc(OC[C@@H]2CO2)cc1. The molecule has 2 aliphatic rings. The van der Waals surface area contributed by atoms with Gasteiger partial charge in [-0.3, -0.25) is 4.90 Å². The van der Waals surface area contributed by atoms with Crippen LogP contribution in [0.3, 0.4) is 0 Å². The van der Waals surface area contributed by atoms with Gasteiger partial charge in [-0.2, -0.15) is 0 Å². The summed E-state index contributed by atoms with van der Waals surface area (Å²) < 4.78 is 16.3. The van der Waals surface area contributed by atoms with Crippen LogP contribution in [-0.4, -0.2) is 48.4 Å². The average molecular weight is 427 g/mol. The number of hydrogen-bond acceptors (Lipinski definition) is 4. The Balaban J connectivity index is 1.53. The number of fused-ring (bicyclic) bond motifs is 3. The van der Waals surface area contributed by atoms with Gasteiger partial charge in [0.25, 0.3) is 0 Å². The maximum absolute atomic E-state index is 12.7. The zero-order valence-electron chi connectivity index (χ0n) is 16.7. The third kappa shape index (κ3) is 3.61. The molecular formula is C23H23ClN2O4. The average Bonchev–Trinajstić information content (AvgIpc) is 3.52. The molecule has 2 atom stereocenters. The first-order valence-corrected chi connectivity index (χ1v) is 10.6. The molecule has 156 valence electrons. The second-order valence-electron chi connectivity index (χ2n) is 7.59. The van der Waals surface area contributed by atoms with Gasteiger partial charge in [0.2, 0.25) is 0 Å². The van der Waals surface area contributed by atoms with Crippen LogP contribution in [0.25, 0.3) is 10.9 Å². The molecule has 0 saturated carbocycles.